The molecule has 0 radical (unpaired) electrons. The van der Waals surface area contributed by atoms with Crippen molar-refractivity contribution in [3.05, 3.63) is 46.7 Å². The SMILES string of the molecule is COC(=O)C1=C(C)N(CC(C)C)C(=O)/C1=C\c1cccc(OC)c1. The molecule has 1 aromatic carbocycles. The number of benzene rings is 1. The Morgan fingerprint density at radius 2 is 2.00 bits per heavy atom. The molecule has 0 unspecified atom stereocenters. The summed E-state index contributed by atoms with van der Waals surface area (Å²) in [5, 5.41) is 0. The zero-order valence-corrected chi connectivity index (χ0v) is 14.8. The highest BCUT2D eigenvalue weighted by Crippen LogP contribution is 2.32. The largest absolute Gasteiger partial charge is 0.497 e. The van der Waals surface area contributed by atoms with Crippen LogP contribution in [0.5, 0.6) is 5.75 Å². The van der Waals surface area contributed by atoms with Crippen molar-refractivity contribution in [1.29, 1.82) is 0 Å². The molecule has 1 aromatic rings. The van der Waals surface area contributed by atoms with Crippen LogP contribution in [-0.4, -0.2) is 37.5 Å². The second kappa shape index (κ2) is 7.34. The number of carbonyl (C=O) groups is 2. The van der Waals surface area contributed by atoms with Crippen LogP contribution in [-0.2, 0) is 14.3 Å². The van der Waals surface area contributed by atoms with Gasteiger partial charge in [0.2, 0.25) is 0 Å². The summed E-state index contributed by atoms with van der Waals surface area (Å²) in [7, 11) is 2.91. The van der Waals surface area contributed by atoms with Gasteiger partial charge in [-0.2, -0.15) is 0 Å². The average Bonchev–Trinajstić information content (AvgIpc) is 2.78. The standard InChI is InChI=1S/C19H23NO4/c1-12(2)11-20-13(3)17(19(22)24-5)16(18(20)21)10-14-7-6-8-15(9-14)23-4/h6-10,12H,11H2,1-5H3/b16-10-. The van der Waals surface area contributed by atoms with Gasteiger partial charge in [0.05, 0.1) is 25.4 Å². The van der Waals surface area contributed by atoms with Crippen LogP contribution in [0.4, 0.5) is 0 Å². The molecular weight excluding hydrogens is 306 g/mol. The summed E-state index contributed by atoms with van der Waals surface area (Å²) < 4.78 is 10.1. The van der Waals surface area contributed by atoms with Gasteiger partial charge in [-0.1, -0.05) is 26.0 Å². The summed E-state index contributed by atoms with van der Waals surface area (Å²) in [4.78, 5) is 26.7. The molecule has 1 heterocycles. The highest BCUT2D eigenvalue weighted by atomic mass is 16.5. The third-order valence-corrected chi connectivity index (χ3v) is 3.85. The number of methoxy groups -OCH3 is 2. The van der Waals surface area contributed by atoms with Crippen LogP contribution >= 0.6 is 0 Å². The minimum absolute atomic E-state index is 0.176. The first kappa shape index (κ1) is 17.8. The number of rotatable bonds is 5. The van der Waals surface area contributed by atoms with Gasteiger partial charge in [-0.05, 0) is 36.6 Å². The first-order chi connectivity index (χ1) is 11.4. The lowest BCUT2D eigenvalue weighted by atomic mass is 10.0. The van der Waals surface area contributed by atoms with E-state index in [0.717, 1.165) is 5.56 Å². The van der Waals surface area contributed by atoms with Gasteiger partial charge in [0.15, 0.2) is 0 Å². The predicted molar refractivity (Wildman–Crippen MR) is 92.2 cm³/mol. The number of allylic oxidation sites excluding steroid dienone is 1. The van der Waals surface area contributed by atoms with Gasteiger partial charge in [-0.3, -0.25) is 4.79 Å². The fourth-order valence-electron chi connectivity index (χ4n) is 2.71. The Balaban J connectivity index is 2.51. The summed E-state index contributed by atoms with van der Waals surface area (Å²) in [6, 6.07) is 7.34. The van der Waals surface area contributed by atoms with Gasteiger partial charge in [-0.15, -0.1) is 0 Å². The third-order valence-electron chi connectivity index (χ3n) is 3.85. The summed E-state index contributed by atoms with van der Waals surface area (Å²) in [5.74, 6) is 0.304. The maximum atomic E-state index is 12.8. The summed E-state index contributed by atoms with van der Waals surface area (Å²) in [5.41, 5.74) is 2.10. The summed E-state index contributed by atoms with van der Waals surface area (Å²) in [6.45, 7) is 6.39. The molecular formula is C19H23NO4. The normalized spacial score (nSPS) is 16.3. The van der Waals surface area contributed by atoms with E-state index in [4.69, 9.17) is 9.47 Å². The van der Waals surface area contributed by atoms with Gasteiger partial charge in [0.25, 0.3) is 5.91 Å². The average molecular weight is 329 g/mol. The smallest absolute Gasteiger partial charge is 0.340 e. The molecule has 1 aliphatic heterocycles. The predicted octanol–water partition coefficient (Wildman–Crippen LogP) is 3.02. The van der Waals surface area contributed by atoms with Gasteiger partial charge in [-0.25, -0.2) is 4.79 Å². The number of carbonyl (C=O) groups excluding carboxylic acids is 2. The van der Waals surface area contributed by atoms with Gasteiger partial charge < -0.3 is 14.4 Å². The zero-order chi connectivity index (χ0) is 17.9. The number of hydrogen-bond donors (Lipinski definition) is 0. The second-order valence-corrected chi connectivity index (χ2v) is 6.10. The Morgan fingerprint density at radius 1 is 1.29 bits per heavy atom. The van der Waals surface area contributed by atoms with Crippen LogP contribution < -0.4 is 4.74 Å². The maximum absolute atomic E-state index is 12.8. The van der Waals surface area contributed by atoms with Crippen molar-refractivity contribution >= 4 is 18.0 Å². The van der Waals surface area contributed by atoms with E-state index in [9.17, 15) is 9.59 Å². The molecule has 0 aliphatic carbocycles. The number of nitrogens with zero attached hydrogens (tertiary/aromatic N) is 1. The maximum Gasteiger partial charge on any atom is 0.340 e. The first-order valence-corrected chi connectivity index (χ1v) is 7.86. The molecule has 24 heavy (non-hydrogen) atoms. The number of hydrogen-bond acceptors (Lipinski definition) is 4. The number of esters is 1. The molecule has 128 valence electrons. The fraction of sp³-hybridized carbons (Fsp3) is 0.368. The first-order valence-electron chi connectivity index (χ1n) is 7.86. The molecule has 0 bridgehead atoms. The molecule has 0 fully saturated rings. The Morgan fingerprint density at radius 3 is 2.58 bits per heavy atom. The van der Waals surface area contributed by atoms with Crippen LogP contribution in [0.25, 0.3) is 6.08 Å². The van der Waals surface area contributed by atoms with E-state index in [2.05, 4.69) is 0 Å². The lowest BCUT2D eigenvalue weighted by Crippen LogP contribution is -2.28. The monoisotopic (exact) mass is 329 g/mol. The van der Waals surface area contributed by atoms with Crippen LogP contribution in [0.1, 0.15) is 26.3 Å². The fourth-order valence-corrected chi connectivity index (χ4v) is 2.71. The number of amides is 1. The van der Waals surface area contributed by atoms with Crippen molar-refractivity contribution in [2.24, 2.45) is 5.92 Å². The van der Waals surface area contributed by atoms with Gasteiger partial charge in [0.1, 0.15) is 5.75 Å². The van der Waals surface area contributed by atoms with E-state index < -0.39 is 5.97 Å². The quantitative estimate of drug-likeness (QED) is 0.615. The molecule has 2 rings (SSSR count). The van der Waals surface area contributed by atoms with Crippen molar-refractivity contribution in [2.75, 3.05) is 20.8 Å². The molecule has 5 nitrogen and oxygen atoms in total. The molecule has 0 saturated carbocycles. The molecule has 0 saturated heterocycles. The van der Waals surface area contributed by atoms with Crippen LogP contribution in [0.15, 0.2) is 41.1 Å². The molecule has 0 N–H and O–H groups in total. The van der Waals surface area contributed by atoms with Crippen molar-refractivity contribution in [2.45, 2.75) is 20.8 Å². The van der Waals surface area contributed by atoms with Crippen LogP contribution in [0.3, 0.4) is 0 Å². The third kappa shape index (κ3) is 3.50. The van der Waals surface area contributed by atoms with Crippen molar-refractivity contribution in [1.82, 2.24) is 4.90 Å². The lowest BCUT2D eigenvalue weighted by molar-refractivity contribution is -0.136. The molecule has 5 heteroatoms. The van der Waals surface area contributed by atoms with E-state index >= 15 is 0 Å². The van der Waals surface area contributed by atoms with Crippen molar-refractivity contribution in [3.8, 4) is 5.75 Å². The van der Waals surface area contributed by atoms with E-state index in [1.807, 2.05) is 38.1 Å². The number of ether oxygens (including phenoxy) is 2. The van der Waals surface area contributed by atoms with E-state index in [0.29, 0.717) is 35.1 Å². The van der Waals surface area contributed by atoms with E-state index in [1.165, 1.54) is 7.11 Å². The minimum Gasteiger partial charge on any atom is -0.497 e. The molecule has 0 aromatic heterocycles. The molecule has 1 aliphatic rings. The highest BCUT2D eigenvalue weighted by Gasteiger charge is 2.37. The molecule has 1 amide bonds. The topological polar surface area (TPSA) is 55.8 Å². The minimum atomic E-state index is -0.499. The Labute approximate surface area is 142 Å². The second-order valence-electron chi connectivity index (χ2n) is 6.10. The van der Waals surface area contributed by atoms with Crippen molar-refractivity contribution < 1.29 is 19.1 Å². The van der Waals surface area contributed by atoms with Gasteiger partial charge >= 0.3 is 5.97 Å². The molecule has 0 atom stereocenters. The van der Waals surface area contributed by atoms with Gasteiger partial charge in [0, 0.05) is 12.2 Å². The summed E-state index contributed by atoms with van der Waals surface area (Å²) >= 11 is 0. The van der Waals surface area contributed by atoms with E-state index in [-0.39, 0.29) is 5.91 Å². The lowest BCUT2D eigenvalue weighted by Gasteiger charge is -2.19. The van der Waals surface area contributed by atoms with E-state index in [1.54, 1.807) is 25.0 Å². The summed E-state index contributed by atoms with van der Waals surface area (Å²) in [6.07, 6.45) is 1.71. The van der Waals surface area contributed by atoms with Crippen LogP contribution in [0.2, 0.25) is 0 Å². The molecule has 0 spiro atoms. The van der Waals surface area contributed by atoms with Crippen molar-refractivity contribution in [3.63, 3.8) is 0 Å². The highest BCUT2D eigenvalue weighted by molar-refractivity contribution is 6.16. The Kier molecular flexibility index (Phi) is 5.44. The Hall–Kier alpha value is -2.56. The van der Waals surface area contributed by atoms with Crippen LogP contribution in [0, 0.1) is 5.92 Å². The Bertz CT molecular complexity index is 716. The zero-order valence-electron chi connectivity index (χ0n) is 14.8.